The van der Waals surface area contributed by atoms with E-state index in [1.54, 1.807) is 12.3 Å². The van der Waals surface area contributed by atoms with Gasteiger partial charge >= 0.3 is 0 Å². The first-order chi connectivity index (χ1) is 7.68. The summed E-state index contributed by atoms with van der Waals surface area (Å²) in [7, 11) is 0. The molecule has 0 bridgehead atoms. The van der Waals surface area contributed by atoms with Gasteiger partial charge in [-0.25, -0.2) is 0 Å². The summed E-state index contributed by atoms with van der Waals surface area (Å²) in [5.74, 6) is 0.0267. The Bertz CT molecular complexity index is 399. The topological polar surface area (TPSA) is 71.2 Å². The molecule has 0 radical (unpaired) electrons. The van der Waals surface area contributed by atoms with Crippen LogP contribution in [0.1, 0.15) is 16.1 Å². The van der Waals surface area contributed by atoms with Gasteiger partial charge < -0.3 is 16.0 Å². The van der Waals surface area contributed by atoms with E-state index in [-0.39, 0.29) is 5.91 Å². The second-order valence-electron chi connectivity index (χ2n) is 3.94. The number of carbonyl (C=O) groups excluding carboxylic acids is 1. The van der Waals surface area contributed by atoms with Crippen molar-refractivity contribution in [3.63, 3.8) is 0 Å². The van der Waals surface area contributed by atoms with Gasteiger partial charge in [-0.2, -0.15) is 0 Å². The van der Waals surface area contributed by atoms with Gasteiger partial charge in [0, 0.05) is 26.2 Å². The number of amides is 1. The predicted molar refractivity (Wildman–Crippen MR) is 62.2 cm³/mol. The van der Waals surface area contributed by atoms with Gasteiger partial charge in [0.1, 0.15) is 0 Å². The number of hydrogen-bond acceptors (Lipinski definition) is 4. The number of pyridine rings is 1. The molecular formula is C11H16N4O. The van der Waals surface area contributed by atoms with Crippen LogP contribution in [-0.4, -0.2) is 42.0 Å². The van der Waals surface area contributed by atoms with Crippen LogP contribution in [0.25, 0.3) is 0 Å². The lowest BCUT2D eigenvalue weighted by molar-refractivity contribution is 0.0734. The summed E-state index contributed by atoms with van der Waals surface area (Å²) in [6.07, 6.45) is 1.57. The Hall–Kier alpha value is -1.62. The molecule has 0 aliphatic carbocycles. The van der Waals surface area contributed by atoms with E-state index in [0.717, 1.165) is 31.9 Å². The van der Waals surface area contributed by atoms with Crippen LogP contribution >= 0.6 is 0 Å². The number of nitrogens with two attached hydrogens (primary N) is 1. The summed E-state index contributed by atoms with van der Waals surface area (Å²) in [4.78, 5) is 18.1. The monoisotopic (exact) mass is 220 g/mol. The second-order valence-corrected chi connectivity index (χ2v) is 3.94. The van der Waals surface area contributed by atoms with Crippen LogP contribution in [0.3, 0.4) is 0 Å². The van der Waals surface area contributed by atoms with Crippen molar-refractivity contribution in [2.24, 2.45) is 0 Å². The number of piperazine rings is 1. The van der Waals surface area contributed by atoms with Crippen molar-refractivity contribution in [3.8, 4) is 0 Å². The number of carbonyl (C=O) groups is 1. The summed E-state index contributed by atoms with van der Waals surface area (Å²) >= 11 is 0. The van der Waals surface area contributed by atoms with Crippen molar-refractivity contribution in [2.75, 3.05) is 31.9 Å². The van der Waals surface area contributed by atoms with E-state index in [9.17, 15) is 4.79 Å². The molecule has 16 heavy (non-hydrogen) atoms. The Kier molecular flexibility index (Phi) is 3.05. The van der Waals surface area contributed by atoms with E-state index in [1.807, 2.05) is 11.8 Å². The van der Waals surface area contributed by atoms with Gasteiger partial charge in [0.2, 0.25) is 0 Å². The highest BCUT2D eigenvalue weighted by Crippen LogP contribution is 2.12. The van der Waals surface area contributed by atoms with Crippen LogP contribution < -0.4 is 11.1 Å². The molecule has 0 unspecified atom stereocenters. The van der Waals surface area contributed by atoms with Crippen LogP contribution in [0.2, 0.25) is 0 Å². The molecule has 2 rings (SSSR count). The zero-order chi connectivity index (χ0) is 11.5. The number of rotatable bonds is 1. The molecule has 1 amide bonds. The molecule has 1 aromatic heterocycles. The largest absolute Gasteiger partial charge is 0.397 e. The SMILES string of the molecule is Cc1ncc(N)cc1C(=O)N1CCNCC1. The Morgan fingerprint density at radius 3 is 2.88 bits per heavy atom. The van der Waals surface area contributed by atoms with E-state index in [1.165, 1.54) is 0 Å². The fourth-order valence-electron chi connectivity index (χ4n) is 1.80. The molecular weight excluding hydrogens is 204 g/mol. The molecule has 0 spiro atoms. The summed E-state index contributed by atoms with van der Waals surface area (Å²) < 4.78 is 0. The zero-order valence-electron chi connectivity index (χ0n) is 9.36. The van der Waals surface area contributed by atoms with Gasteiger partial charge in [0.05, 0.1) is 23.1 Å². The highest BCUT2D eigenvalue weighted by molar-refractivity contribution is 5.96. The summed E-state index contributed by atoms with van der Waals surface area (Å²) in [5, 5.41) is 3.21. The van der Waals surface area contributed by atoms with Gasteiger partial charge in [-0.3, -0.25) is 9.78 Å². The van der Waals surface area contributed by atoms with Crippen molar-refractivity contribution in [1.82, 2.24) is 15.2 Å². The third-order valence-corrected chi connectivity index (χ3v) is 2.74. The molecule has 1 fully saturated rings. The van der Waals surface area contributed by atoms with E-state index in [0.29, 0.717) is 11.3 Å². The lowest BCUT2D eigenvalue weighted by atomic mass is 10.1. The molecule has 1 aliphatic heterocycles. The highest BCUT2D eigenvalue weighted by Gasteiger charge is 2.19. The third-order valence-electron chi connectivity index (χ3n) is 2.74. The molecule has 5 nitrogen and oxygen atoms in total. The Morgan fingerprint density at radius 1 is 1.50 bits per heavy atom. The van der Waals surface area contributed by atoms with Crippen molar-refractivity contribution in [2.45, 2.75) is 6.92 Å². The zero-order valence-corrected chi connectivity index (χ0v) is 9.36. The number of nitrogens with zero attached hydrogens (tertiary/aromatic N) is 2. The van der Waals surface area contributed by atoms with Crippen molar-refractivity contribution in [1.29, 1.82) is 0 Å². The number of nitrogen functional groups attached to an aromatic ring is 1. The maximum Gasteiger partial charge on any atom is 0.255 e. The average molecular weight is 220 g/mol. The molecule has 5 heteroatoms. The van der Waals surface area contributed by atoms with Crippen LogP contribution in [-0.2, 0) is 0 Å². The molecule has 1 aromatic rings. The van der Waals surface area contributed by atoms with Crippen molar-refractivity contribution >= 4 is 11.6 Å². The fraction of sp³-hybridized carbons (Fsp3) is 0.455. The van der Waals surface area contributed by atoms with Gasteiger partial charge in [0.15, 0.2) is 0 Å². The van der Waals surface area contributed by atoms with E-state index < -0.39 is 0 Å². The van der Waals surface area contributed by atoms with Gasteiger partial charge in [-0.1, -0.05) is 0 Å². The molecule has 2 heterocycles. The first kappa shape index (κ1) is 10.9. The highest BCUT2D eigenvalue weighted by atomic mass is 16.2. The van der Waals surface area contributed by atoms with Crippen molar-refractivity contribution < 1.29 is 4.79 Å². The molecule has 1 saturated heterocycles. The lowest BCUT2D eigenvalue weighted by Gasteiger charge is -2.27. The first-order valence-electron chi connectivity index (χ1n) is 5.40. The van der Waals surface area contributed by atoms with Crippen LogP contribution in [0.5, 0.6) is 0 Å². The minimum Gasteiger partial charge on any atom is -0.397 e. The molecule has 0 atom stereocenters. The van der Waals surface area contributed by atoms with E-state index >= 15 is 0 Å². The smallest absolute Gasteiger partial charge is 0.255 e. The maximum atomic E-state index is 12.2. The minimum atomic E-state index is 0.0267. The van der Waals surface area contributed by atoms with Crippen LogP contribution in [0, 0.1) is 6.92 Å². The van der Waals surface area contributed by atoms with Gasteiger partial charge in [0.25, 0.3) is 5.91 Å². The number of anilines is 1. The Morgan fingerprint density at radius 2 is 2.19 bits per heavy atom. The quantitative estimate of drug-likeness (QED) is 0.700. The van der Waals surface area contributed by atoms with Crippen LogP contribution in [0.4, 0.5) is 5.69 Å². The molecule has 0 saturated carbocycles. The lowest BCUT2D eigenvalue weighted by Crippen LogP contribution is -2.46. The summed E-state index contributed by atoms with van der Waals surface area (Å²) in [5.41, 5.74) is 7.53. The van der Waals surface area contributed by atoms with Gasteiger partial charge in [-0.05, 0) is 13.0 Å². The first-order valence-corrected chi connectivity index (χ1v) is 5.40. The van der Waals surface area contributed by atoms with E-state index in [4.69, 9.17) is 5.73 Å². The Labute approximate surface area is 94.6 Å². The normalized spacial score (nSPS) is 16.2. The Balaban J connectivity index is 2.22. The van der Waals surface area contributed by atoms with E-state index in [2.05, 4.69) is 10.3 Å². The number of nitrogens with one attached hydrogen (secondary N) is 1. The maximum absolute atomic E-state index is 12.2. The molecule has 0 aromatic carbocycles. The minimum absolute atomic E-state index is 0.0267. The number of aryl methyl sites for hydroxylation is 1. The fourth-order valence-corrected chi connectivity index (χ4v) is 1.80. The number of aromatic nitrogens is 1. The standard InChI is InChI=1S/C11H16N4O/c1-8-10(6-9(12)7-14-8)11(16)15-4-2-13-3-5-15/h6-7,13H,2-5,12H2,1H3. The van der Waals surface area contributed by atoms with Gasteiger partial charge in [-0.15, -0.1) is 0 Å². The van der Waals surface area contributed by atoms with Crippen LogP contribution in [0.15, 0.2) is 12.3 Å². The predicted octanol–water partition coefficient (Wildman–Crippen LogP) is 0.0176. The molecule has 1 aliphatic rings. The second kappa shape index (κ2) is 4.49. The average Bonchev–Trinajstić information content (AvgIpc) is 2.32. The molecule has 3 N–H and O–H groups in total. The van der Waals surface area contributed by atoms with Crippen molar-refractivity contribution in [3.05, 3.63) is 23.5 Å². The number of hydrogen-bond donors (Lipinski definition) is 2. The third kappa shape index (κ3) is 2.14. The summed E-state index contributed by atoms with van der Waals surface area (Å²) in [6.45, 7) is 5.01. The molecule has 86 valence electrons. The summed E-state index contributed by atoms with van der Waals surface area (Å²) in [6, 6.07) is 1.70.